The van der Waals surface area contributed by atoms with Gasteiger partial charge in [-0.2, -0.15) is 0 Å². The minimum absolute atomic E-state index is 0.0821. The van der Waals surface area contributed by atoms with E-state index in [1.165, 1.54) is 6.42 Å². The Hall–Kier alpha value is -3.02. The first-order valence-electron chi connectivity index (χ1n) is 10.8. The summed E-state index contributed by atoms with van der Waals surface area (Å²) in [7, 11) is 0. The average molecular weight is 410 g/mol. The second kappa shape index (κ2) is 11.2. The number of nitrogens with one attached hydrogen (secondary N) is 2. The number of piperidine rings is 1. The molecule has 0 spiro atoms. The van der Waals surface area contributed by atoms with Gasteiger partial charge in [0.25, 0.3) is 5.91 Å². The van der Waals surface area contributed by atoms with Crippen molar-refractivity contribution in [1.29, 1.82) is 0 Å². The van der Waals surface area contributed by atoms with Crippen molar-refractivity contribution in [3.8, 4) is 5.75 Å². The molecule has 6 nitrogen and oxygen atoms in total. The van der Waals surface area contributed by atoms with E-state index in [4.69, 9.17) is 4.74 Å². The lowest BCUT2D eigenvalue weighted by Gasteiger charge is -2.26. The van der Waals surface area contributed by atoms with E-state index in [0.29, 0.717) is 23.6 Å². The molecule has 3 rings (SSSR count). The van der Waals surface area contributed by atoms with Gasteiger partial charge in [-0.05, 0) is 62.1 Å². The van der Waals surface area contributed by atoms with Gasteiger partial charge in [-0.15, -0.1) is 0 Å². The number of para-hydroxylation sites is 2. The standard InChI is InChI=1S/C24H31N3O3/c1-2-3-17-30-22-10-6-5-9-21(22)26-23(28)18-25-20-13-11-19(12-14-20)24(29)27-15-7-4-8-16-27/h5-6,9-14,25H,2-4,7-8,15-18H2,1H3,(H,26,28). The molecule has 2 aromatic rings. The van der Waals surface area contributed by atoms with Crippen LogP contribution in [0.3, 0.4) is 0 Å². The summed E-state index contributed by atoms with van der Waals surface area (Å²) in [6.07, 6.45) is 5.38. The fraction of sp³-hybridized carbons (Fsp3) is 0.417. The zero-order chi connectivity index (χ0) is 21.2. The molecular weight excluding hydrogens is 378 g/mol. The summed E-state index contributed by atoms with van der Waals surface area (Å²) in [6, 6.07) is 14.8. The van der Waals surface area contributed by atoms with Crippen LogP contribution in [0.25, 0.3) is 0 Å². The topological polar surface area (TPSA) is 70.7 Å². The quantitative estimate of drug-likeness (QED) is 0.597. The van der Waals surface area contributed by atoms with Crippen LogP contribution in [0.1, 0.15) is 49.4 Å². The van der Waals surface area contributed by atoms with Gasteiger partial charge < -0.3 is 20.3 Å². The summed E-state index contributed by atoms with van der Waals surface area (Å²) in [5.41, 5.74) is 2.15. The van der Waals surface area contributed by atoms with Crippen LogP contribution in [0.15, 0.2) is 48.5 Å². The molecular formula is C24H31N3O3. The van der Waals surface area contributed by atoms with Gasteiger partial charge >= 0.3 is 0 Å². The third-order valence-corrected chi connectivity index (χ3v) is 5.14. The number of carbonyl (C=O) groups excluding carboxylic acids is 2. The second-order valence-corrected chi connectivity index (χ2v) is 7.53. The molecule has 1 aliphatic heterocycles. The molecule has 0 aliphatic carbocycles. The molecule has 1 saturated heterocycles. The molecule has 0 unspecified atom stereocenters. The molecule has 2 amide bonds. The maximum atomic E-state index is 12.5. The summed E-state index contributed by atoms with van der Waals surface area (Å²) >= 11 is 0. The average Bonchev–Trinajstić information content (AvgIpc) is 2.79. The predicted molar refractivity (Wildman–Crippen MR) is 120 cm³/mol. The smallest absolute Gasteiger partial charge is 0.253 e. The minimum atomic E-state index is -0.157. The second-order valence-electron chi connectivity index (χ2n) is 7.53. The maximum absolute atomic E-state index is 12.5. The van der Waals surface area contributed by atoms with Gasteiger partial charge in [0.1, 0.15) is 5.75 Å². The Bertz CT molecular complexity index is 830. The van der Waals surface area contributed by atoms with Crippen molar-refractivity contribution >= 4 is 23.2 Å². The van der Waals surface area contributed by atoms with Crippen molar-refractivity contribution < 1.29 is 14.3 Å². The van der Waals surface area contributed by atoms with Crippen molar-refractivity contribution in [2.45, 2.75) is 39.0 Å². The van der Waals surface area contributed by atoms with Crippen LogP contribution < -0.4 is 15.4 Å². The number of hydrogen-bond donors (Lipinski definition) is 2. The van der Waals surface area contributed by atoms with Gasteiger partial charge in [0.15, 0.2) is 0 Å². The van der Waals surface area contributed by atoms with E-state index in [2.05, 4.69) is 17.6 Å². The monoisotopic (exact) mass is 409 g/mol. The van der Waals surface area contributed by atoms with E-state index in [1.54, 1.807) is 0 Å². The molecule has 6 heteroatoms. The van der Waals surface area contributed by atoms with Crippen molar-refractivity contribution in [1.82, 2.24) is 4.90 Å². The molecule has 1 aliphatic rings. The normalized spacial score (nSPS) is 13.6. The first-order valence-corrected chi connectivity index (χ1v) is 10.8. The van der Waals surface area contributed by atoms with E-state index in [-0.39, 0.29) is 18.4 Å². The largest absolute Gasteiger partial charge is 0.491 e. The first-order chi connectivity index (χ1) is 14.7. The van der Waals surface area contributed by atoms with E-state index in [0.717, 1.165) is 44.5 Å². The molecule has 30 heavy (non-hydrogen) atoms. The summed E-state index contributed by atoms with van der Waals surface area (Å²) in [4.78, 5) is 26.8. The molecule has 1 fully saturated rings. The number of benzene rings is 2. The number of ether oxygens (including phenoxy) is 1. The molecule has 1 heterocycles. The molecule has 0 saturated carbocycles. The molecule has 0 bridgehead atoms. The van der Waals surface area contributed by atoms with Crippen LogP contribution in [-0.2, 0) is 4.79 Å². The van der Waals surface area contributed by atoms with Crippen LogP contribution in [0.2, 0.25) is 0 Å². The number of carbonyl (C=O) groups is 2. The third kappa shape index (κ3) is 6.24. The summed E-state index contributed by atoms with van der Waals surface area (Å²) in [6.45, 7) is 4.54. The Kier molecular flexibility index (Phi) is 8.12. The van der Waals surface area contributed by atoms with Crippen LogP contribution in [0.4, 0.5) is 11.4 Å². The highest BCUT2D eigenvalue weighted by Crippen LogP contribution is 2.24. The number of amides is 2. The number of hydrogen-bond acceptors (Lipinski definition) is 4. The number of rotatable bonds is 9. The summed E-state index contributed by atoms with van der Waals surface area (Å²) in [5, 5.41) is 6.00. The maximum Gasteiger partial charge on any atom is 0.253 e. The van der Waals surface area contributed by atoms with Gasteiger partial charge in [-0.25, -0.2) is 0 Å². The molecule has 0 aromatic heterocycles. The molecule has 2 aromatic carbocycles. The van der Waals surface area contributed by atoms with Crippen molar-refractivity contribution in [2.75, 3.05) is 36.9 Å². The van der Waals surface area contributed by atoms with E-state index in [9.17, 15) is 9.59 Å². The zero-order valence-corrected chi connectivity index (χ0v) is 17.7. The van der Waals surface area contributed by atoms with Crippen LogP contribution in [0.5, 0.6) is 5.75 Å². The Morgan fingerprint density at radius 2 is 1.73 bits per heavy atom. The number of unbranched alkanes of at least 4 members (excludes halogenated alkanes) is 1. The lowest BCUT2D eigenvalue weighted by Crippen LogP contribution is -2.35. The van der Waals surface area contributed by atoms with Crippen LogP contribution in [0, 0.1) is 0 Å². The minimum Gasteiger partial charge on any atom is -0.491 e. The lowest BCUT2D eigenvalue weighted by molar-refractivity contribution is -0.114. The molecule has 0 radical (unpaired) electrons. The van der Waals surface area contributed by atoms with E-state index >= 15 is 0 Å². The Morgan fingerprint density at radius 3 is 2.47 bits per heavy atom. The molecule has 2 N–H and O–H groups in total. The zero-order valence-electron chi connectivity index (χ0n) is 17.7. The Labute approximate surface area is 178 Å². The van der Waals surface area contributed by atoms with Crippen LogP contribution >= 0.6 is 0 Å². The number of nitrogens with zero attached hydrogens (tertiary/aromatic N) is 1. The fourth-order valence-corrected chi connectivity index (χ4v) is 3.41. The summed E-state index contributed by atoms with van der Waals surface area (Å²) in [5.74, 6) is 0.605. The Morgan fingerprint density at radius 1 is 1.00 bits per heavy atom. The highest BCUT2D eigenvalue weighted by molar-refractivity contribution is 5.96. The SMILES string of the molecule is CCCCOc1ccccc1NC(=O)CNc1ccc(C(=O)N2CCCCC2)cc1. The first kappa shape index (κ1) is 21.7. The van der Waals surface area contributed by atoms with Gasteiger partial charge in [0.05, 0.1) is 18.8 Å². The highest BCUT2D eigenvalue weighted by atomic mass is 16.5. The lowest BCUT2D eigenvalue weighted by atomic mass is 10.1. The molecule has 0 atom stereocenters. The van der Waals surface area contributed by atoms with Crippen molar-refractivity contribution in [3.05, 3.63) is 54.1 Å². The predicted octanol–water partition coefficient (Wildman–Crippen LogP) is 4.54. The highest BCUT2D eigenvalue weighted by Gasteiger charge is 2.17. The third-order valence-electron chi connectivity index (χ3n) is 5.14. The molecule has 160 valence electrons. The van der Waals surface area contributed by atoms with Crippen molar-refractivity contribution in [3.63, 3.8) is 0 Å². The van der Waals surface area contributed by atoms with Gasteiger partial charge in [0.2, 0.25) is 5.91 Å². The fourth-order valence-electron chi connectivity index (χ4n) is 3.41. The number of likely N-dealkylation sites (tertiary alicyclic amines) is 1. The van der Waals surface area contributed by atoms with E-state index in [1.807, 2.05) is 53.4 Å². The van der Waals surface area contributed by atoms with Gasteiger partial charge in [-0.3, -0.25) is 9.59 Å². The van der Waals surface area contributed by atoms with E-state index < -0.39 is 0 Å². The van der Waals surface area contributed by atoms with Gasteiger partial charge in [0, 0.05) is 24.3 Å². The Balaban J connectivity index is 1.50. The van der Waals surface area contributed by atoms with Gasteiger partial charge in [-0.1, -0.05) is 25.5 Å². The summed E-state index contributed by atoms with van der Waals surface area (Å²) < 4.78 is 5.76. The van der Waals surface area contributed by atoms with Crippen molar-refractivity contribution in [2.24, 2.45) is 0 Å². The number of anilines is 2. The van der Waals surface area contributed by atoms with Crippen LogP contribution in [-0.4, -0.2) is 43.0 Å².